The van der Waals surface area contributed by atoms with E-state index in [1.54, 1.807) is 7.11 Å². The predicted molar refractivity (Wildman–Crippen MR) is 86.0 cm³/mol. The van der Waals surface area contributed by atoms with Gasteiger partial charge in [-0.3, -0.25) is 0 Å². The van der Waals surface area contributed by atoms with Gasteiger partial charge in [0.05, 0.1) is 13.2 Å². The Morgan fingerprint density at radius 3 is 2.45 bits per heavy atom. The summed E-state index contributed by atoms with van der Waals surface area (Å²) in [5.74, 6) is 1.43. The second-order valence-corrected chi connectivity index (χ2v) is 7.31. The smallest absolute Gasteiger partial charge is 0.120 e. The molecule has 0 aromatic heterocycles. The lowest BCUT2D eigenvalue weighted by Gasteiger charge is -2.36. The molecule has 0 bridgehead atoms. The van der Waals surface area contributed by atoms with Crippen molar-refractivity contribution in [3.8, 4) is 5.75 Å². The average molecular weight is 341 g/mol. The zero-order valence-corrected chi connectivity index (χ0v) is 14.2. The summed E-state index contributed by atoms with van der Waals surface area (Å²) in [7, 11) is 1.66. The molecule has 2 rings (SSSR count). The molecule has 1 aliphatic rings. The second kappa shape index (κ2) is 6.48. The molecule has 1 aliphatic carbocycles. The van der Waals surface area contributed by atoms with Crippen molar-refractivity contribution in [2.75, 3.05) is 7.11 Å². The van der Waals surface area contributed by atoms with Gasteiger partial charge < -0.3 is 9.84 Å². The summed E-state index contributed by atoms with van der Waals surface area (Å²) in [5, 5.41) is 11.0. The topological polar surface area (TPSA) is 29.5 Å². The van der Waals surface area contributed by atoms with E-state index in [0.29, 0.717) is 5.92 Å². The molecule has 1 atom stereocenters. The first kappa shape index (κ1) is 15.8. The quantitative estimate of drug-likeness (QED) is 0.808. The third-order valence-corrected chi connectivity index (χ3v) is 5.18. The van der Waals surface area contributed by atoms with Crippen molar-refractivity contribution < 1.29 is 9.84 Å². The van der Waals surface area contributed by atoms with E-state index in [2.05, 4.69) is 29.8 Å². The minimum absolute atomic E-state index is 0.0469. The molecule has 0 aliphatic heterocycles. The third-order valence-electron chi connectivity index (χ3n) is 4.50. The van der Waals surface area contributed by atoms with Crippen LogP contribution in [0.3, 0.4) is 0 Å². The maximum Gasteiger partial charge on any atom is 0.120 e. The standard InChI is InChI=1S/C17H25BrO2/c1-12(2)11-17(8-4-5-9-17)16(19)14-7-6-13(20-3)10-15(14)18/h6-7,10,12,16,19H,4-5,8-9,11H2,1-3H3. The molecule has 0 spiro atoms. The van der Waals surface area contributed by atoms with E-state index in [-0.39, 0.29) is 5.41 Å². The zero-order valence-electron chi connectivity index (χ0n) is 12.7. The van der Waals surface area contributed by atoms with E-state index in [9.17, 15) is 5.11 Å². The summed E-state index contributed by atoms with van der Waals surface area (Å²) in [4.78, 5) is 0. The van der Waals surface area contributed by atoms with Crippen LogP contribution in [0.15, 0.2) is 22.7 Å². The Bertz CT molecular complexity index is 450. The summed E-state index contributed by atoms with van der Waals surface area (Å²) in [6, 6.07) is 5.87. The maximum atomic E-state index is 11.0. The van der Waals surface area contributed by atoms with Crippen LogP contribution in [-0.2, 0) is 0 Å². The van der Waals surface area contributed by atoms with E-state index in [4.69, 9.17) is 4.74 Å². The van der Waals surface area contributed by atoms with Gasteiger partial charge in [0.15, 0.2) is 0 Å². The lowest BCUT2D eigenvalue weighted by Crippen LogP contribution is -2.28. The number of aliphatic hydroxyl groups is 1. The SMILES string of the molecule is COc1ccc(C(O)C2(CC(C)C)CCCC2)c(Br)c1. The average Bonchev–Trinajstić information content (AvgIpc) is 2.86. The maximum absolute atomic E-state index is 11.0. The van der Waals surface area contributed by atoms with Crippen LogP contribution in [0.1, 0.15) is 57.6 Å². The minimum atomic E-state index is -0.396. The van der Waals surface area contributed by atoms with Gasteiger partial charge in [-0.1, -0.05) is 48.7 Å². The van der Waals surface area contributed by atoms with E-state index < -0.39 is 6.10 Å². The number of methoxy groups -OCH3 is 1. The number of rotatable bonds is 5. The molecule has 112 valence electrons. The third kappa shape index (κ3) is 3.20. The molecule has 1 aromatic rings. The van der Waals surface area contributed by atoms with Crippen molar-refractivity contribution >= 4 is 15.9 Å². The highest BCUT2D eigenvalue weighted by Gasteiger charge is 2.42. The first-order valence-corrected chi connectivity index (χ1v) is 8.29. The molecule has 1 unspecified atom stereocenters. The van der Waals surface area contributed by atoms with Crippen LogP contribution in [-0.4, -0.2) is 12.2 Å². The van der Waals surface area contributed by atoms with Crippen molar-refractivity contribution in [3.63, 3.8) is 0 Å². The van der Waals surface area contributed by atoms with Gasteiger partial charge in [-0.15, -0.1) is 0 Å². The Labute approximate surface area is 130 Å². The fourth-order valence-electron chi connectivity index (χ4n) is 3.67. The zero-order chi connectivity index (χ0) is 14.8. The van der Waals surface area contributed by atoms with E-state index in [1.165, 1.54) is 12.8 Å². The van der Waals surface area contributed by atoms with Crippen molar-refractivity contribution in [2.24, 2.45) is 11.3 Å². The molecule has 3 heteroatoms. The number of hydrogen-bond acceptors (Lipinski definition) is 2. The first-order valence-electron chi connectivity index (χ1n) is 7.50. The summed E-state index contributed by atoms with van der Waals surface area (Å²) in [6.07, 6.45) is 5.42. The monoisotopic (exact) mass is 340 g/mol. The van der Waals surface area contributed by atoms with Gasteiger partial charge in [0.1, 0.15) is 5.75 Å². The van der Waals surface area contributed by atoms with Crippen LogP contribution in [0, 0.1) is 11.3 Å². The van der Waals surface area contributed by atoms with Gasteiger partial charge in [-0.25, -0.2) is 0 Å². The summed E-state index contributed by atoms with van der Waals surface area (Å²) >= 11 is 3.59. The lowest BCUT2D eigenvalue weighted by atomic mass is 9.72. The second-order valence-electron chi connectivity index (χ2n) is 6.46. The van der Waals surface area contributed by atoms with Crippen LogP contribution in [0.25, 0.3) is 0 Å². The summed E-state index contributed by atoms with van der Waals surface area (Å²) in [6.45, 7) is 4.49. The minimum Gasteiger partial charge on any atom is -0.497 e. The first-order chi connectivity index (χ1) is 9.48. The Morgan fingerprint density at radius 1 is 1.30 bits per heavy atom. The Morgan fingerprint density at radius 2 is 1.95 bits per heavy atom. The number of benzene rings is 1. The molecule has 1 fully saturated rings. The number of hydrogen-bond donors (Lipinski definition) is 1. The van der Waals surface area contributed by atoms with Gasteiger partial charge in [-0.05, 0) is 42.9 Å². The van der Waals surface area contributed by atoms with Crippen molar-refractivity contribution in [1.82, 2.24) is 0 Å². The van der Waals surface area contributed by atoms with Crippen LogP contribution in [0.4, 0.5) is 0 Å². The van der Waals surface area contributed by atoms with Crippen molar-refractivity contribution in [3.05, 3.63) is 28.2 Å². The molecule has 0 saturated heterocycles. The predicted octanol–water partition coefficient (Wildman–Crippen LogP) is 5.10. The number of ether oxygens (including phenoxy) is 1. The van der Waals surface area contributed by atoms with Crippen LogP contribution >= 0.6 is 15.9 Å². The summed E-state index contributed by atoms with van der Waals surface area (Å²) < 4.78 is 6.18. The highest BCUT2D eigenvalue weighted by atomic mass is 79.9. The molecule has 20 heavy (non-hydrogen) atoms. The van der Waals surface area contributed by atoms with Gasteiger partial charge in [-0.2, -0.15) is 0 Å². The largest absolute Gasteiger partial charge is 0.497 e. The van der Waals surface area contributed by atoms with E-state index in [1.807, 2.05) is 18.2 Å². The summed E-state index contributed by atoms with van der Waals surface area (Å²) in [5.41, 5.74) is 1.04. The van der Waals surface area contributed by atoms with Crippen LogP contribution < -0.4 is 4.74 Å². The van der Waals surface area contributed by atoms with Gasteiger partial charge in [0.25, 0.3) is 0 Å². The van der Waals surface area contributed by atoms with Crippen molar-refractivity contribution in [1.29, 1.82) is 0 Å². The molecule has 0 amide bonds. The van der Waals surface area contributed by atoms with E-state index in [0.717, 1.165) is 35.0 Å². The highest BCUT2D eigenvalue weighted by Crippen LogP contribution is 2.52. The number of aliphatic hydroxyl groups excluding tert-OH is 1. The molecule has 0 heterocycles. The molecule has 1 saturated carbocycles. The Balaban J connectivity index is 2.30. The van der Waals surface area contributed by atoms with Gasteiger partial charge >= 0.3 is 0 Å². The Hall–Kier alpha value is -0.540. The van der Waals surface area contributed by atoms with Crippen LogP contribution in [0.5, 0.6) is 5.75 Å². The lowest BCUT2D eigenvalue weighted by molar-refractivity contribution is 0.0107. The van der Waals surface area contributed by atoms with Gasteiger partial charge in [0.2, 0.25) is 0 Å². The fraction of sp³-hybridized carbons (Fsp3) is 0.647. The molecule has 2 nitrogen and oxygen atoms in total. The molecule has 1 aromatic carbocycles. The molecule has 0 radical (unpaired) electrons. The van der Waals surface area contributed by atoms with E-state index >= 15 is 0 Å². The Kier molecular flexibility index (Phi) is 5.14. The highest BCUT2D eigenvalue weighted by molar-refractivity contribution is 9.10. The van der Waals surface area contributed by atoms with Crippen molar-refractivity contribution in [2.45, 2.75) is 52.1 Å². The molecular weight excluding hydrogens is 316 g/mol. The normalized spacial score (nSPS) is 19.3. The molecule has 1 N–H and O–H groups in total. The van der Waals surface area contributed by atoms with Crippen LogP contribution in [0.2, 0.25) is 0 Å². The van der Waals surface area contributed by atoms with Gasteiger partial charge in [0, 0.05) is 9.89 Å². The fourth-order valence-corrected chi connectivity index (χ4v) is 4.24. The number of halogens is 1. The molecular formula is C17H25BrO2.